The van der Waals surface area contributed by atoms with Crippen LogP contribution in [-0.2, 0) is 9.16 Å². The van der Waals surface area contributed by atoms with Crippen LogP contribution in [0.15, 0.2) is 18.7 Å². The predicted octanol–water partition coefficient (Wildman–Crippen LogP) is 7.63. The molecule has 1 aromatic heterocycles. The third kappa shape index (κ3) is 4.63. The van der Waals surface area contributed by atoms with Crippen molar-refractivity contribution in [2.45, 2.75) is 105 Å². The quantitative estimate of drug-likeness (QED) is 0.379. The lowest BCUT2D eigenvalue weighted by atomic mass is 9.43. The summed E-state index contributed by atoms with van der Waals surface area (Å²) in [6.45, 7) is 17.7. The first kappa shape index (κ1) is 26.5. The van der Waals surface area contributed by atoms with Gasteiger partial charge in [-0.1, -0.05) is 34.1 Å². The third-order valence-electron chi connectivity index (χ3n) is 11.4. The molecule has 0 aromatic carbocycles. The molecule has 5 rings (SSSR count). The molecule has 4 fully saturated rings. The average molecular weight is 515 g/mol. The molecule has 4 aliphatic rings. The number of carbonyl (C=O) groups excluding carboxylic acids is 1. The van der Waals surface area contributed by atoms with Gasteiger partial charge in [-0.25, -0.2) is 14.3 Å². The zero-order valence-corrected chi connectivity index (χ0v) is 24.8. The van der Waals surface area contributed by atoms with Crippen molar-refractivity contribution in [3.63, 3.8) is 0 Å². The Labute approximate surface area is 220 Å². The van der Waals surface area contributed by atoms with E-state index in [0.717, 1.165) is 23.7 Å². The first-order chi connectivity index (χ1) is 16.9. The van der Waals surface area contributed by atoms with E-state index in [0.29, 0.717) is 41.3 Å². The molecule has 4 saturated carbocycles. The normalized spacial score (nSPS) is 43.2. The molecule has 202 valence electrons. The van der Waals surface area contributed by atoms with Crippen molar-refractivity contribution < 1.29 is 14.0 Å². The van der Waals surface area contributed by atoms with Crippen LogP contribution in [0.2, 0.25) is 19.6 Å². The highest BCUT2D eigenvalue weighted by molar-refractivity contribution is 6.69. The highest BCUT2D eigenvalue weighted by Crippen LogP contribution is 2.69. The molecule has 10 atom stereocenters. The van der Waals surface area contributed by atoms with E-state index in [1.165, 1.54) is 62.3 Å². The minimum atomic E-state index is -1.64. The molecule has 0 spiro atoms. The standard InChI is InChI=1S/C30H50N2O3Si/c1-20-10-12-29(3)22(16-20)17-26(35-36(5,6)7)27-24-9-8-23(30(24,4)13-11-25(27)29)21(2)18-34-28(33)32-15-14-31-19-32/h14-15,19-27H,8-13,16-18H2,1-7H3/t20-,21-,22+,23-,24+,25+,26-,27+,29+,30-/m1/s1. The van der Waals surface area contributed by atoms with Crippen LogP contribution in [0.5, 0.6) is 0 Å². The second-order valence-electron chi connectivity index (χ2n) is 14.6. The second-order valence-corrected chi connectivity index (χ2v) is 19.1. The molecule has 1 heterocycles. The molecule has 0 amide bonds. The van der Waals surface area contributed by atoms with Crippen molar-refractivity contribution in [3.8, 4) is 0 Å². The van der Waals surface area contributed by atoms with Crippen LogP contribution < -0.4 is 0 Å². The van der Waals surface area contributed by atoms with Crippen molar-refractivity contribution >= 4 is 14.4 Å². The summed E-state index contributed by atoms with van der Waals surface area (Å²) in [7, 11) is -1.64. The number of hydrogen-bond acceptors (Lipinski definition) is 4. The van der Waals surface area contributed by atoms with Gasteiger partial charge in [0.15, 0.2) is 8.32 Å². The Morgan fingerprint density at radius 3 is 2.50 bits per heavy atom. The second kappa shape index (κ2) is 9.55. The molecule has 0 unspecified atom stereocenters. The first-order valence-electron chi connectivity index (χ1n) is 14.8. The number of imidazole rings is 1. The van der Waals surface area contributed by atoms with Crippen LogP contribution in [0, 0.1) is 52.3 Å². The Kier molecular flexibility index (Phi) is 7.02. The van der Waals surface area contributed by atoms with Gasteiger partial charge in [0.2, 0.25) is 0 Å². The molecule has 0 bridgehead atoms. The molecule has 1 aromatic rings. The van der Waals surface area contributed by atoms with Crippen molar-refractivity contribution in [2.24, 2.45) is 52.3 Å². The molecule has 0 radical (unpaired) electrons. The summed E-state index contributed by atoms with van der Waals surface area (Å²) in [5, 5.41) is 0. The summed E-state index contributed by atoms with van der Waals surface area (Å²) in [6, 6.07) is 0. The largest absolute Gasteiger partial charge is 0.449 e. The van der Waals surface area contributed by atoms with E-state index in [1.54, 1.807) is 12.4 Å². The van der Waals surface area contributed by atoms with E-state index >= 15 is 0 Å². The van der Waals surface area contributed by atoms with Crippen LogP contribution >= 0.6 is 0 Å². The Bertz CT molecular complexity index is 929. The molecule has 0 aliphatic heterocycles. The monoisotopic (exact) mass is 514 g/mol. The number of fused-ring (bicyclic) bond motifs is 5. The highest BCUT2D eigenvalue weighted by atomic mass is 28.4. The maximum atomic E-state index is 12.4. The molecule has 5 nitrogen and oxygen atoms in total. The summed E-state index contributed by atoms with van der Waals surface area (Å²) in [5.74, 6) is 4.87. The molecular formula is C30H50N2O3Si. The van der Waals surface area contributed by atoms with E-state index < -0.39 is 8.32 Å². The van der Waals surface area contributed by atoms with Gasteiger partial charge < -0.3 is 9.16 Å². The maximum Gasteiger partial charge on any atom is 0.419 e. The van der Waals surface area contributed by atoms with Gasteiger partial charge in [-0.3, -0.25) is 0 Å². The van der Waals surface area contributed by atoms with E-state index in [2.05, 4.69) is 52.3 Å². The van der Waals surface area contributed by atoms with E-state index in [-0.39, 0.29) is 6.09 Å². The first-order valence-corrected chi connectivity index (χ1v) is 18.2. The number of rotatable bonds is 5. The maximum absolute atomic E-state index is 12.4. The van der Waals surface area contributed by atoms with E-state index in [1.807, 2.05) is 0 Å². The lowest BCUT2D eigenvalue weighted by molar-refractivity contribution is -0.164. The number of nitrogens with zero attached hydrogens (tertiary/aromatic N) is 2. The van der Waals surface area contributed by atoms with E-state index in [9.17, 15) is 4.79 Å². The van der Waals surface area contributed by atoms with Gasteiger partial charge in [-0.05, 0) is 117 Å². The van der Waals surface area contributed by atoms with Crippen molar-refractivity contribution in [1.29, 1.82) is 0 Å². The van der Waals surface area contributed by atoms with Crippen LogP contribution in [0.25, 0.3) is 0 Å². The summed E-state index contributed by atoms with van der Waals surface area (Å²) in [4.78, 5) is 16.4. The van der Waals surface area contributed by atoms with Gasteiger partial charge in [0.05, 0.1) is 6.61 Å². The minimum absolute atomic E-state index is 0.314. The van der Waals surface area contributed by atoms with Crippen LogP contribution in [0.3, 0.4) is 0 Å². The van der Waals surface area contributed by atoms with Gasteiger partial charge in [0, 0.05) is 18.5 Å². The Morgan fingerprint density at radius 2 is 1.81 bits per heavy atom. The van der Waals surface area contributed by atoms with Crippen molar-refractivity contribution in [1.82, 2.24) is 9.55 Å². The van der Waals surface area contributed by atoms with Gasteiger partial charge in [0.1, 0.15) is 6.33 Å². The summed E-state index contributed by atoms with van der Waals surface area (Å²) in [6.07, 6.45) is 15.6. The van der Waals surface area contributed by atoms with Gasteiger partial charge >= 0.3 is 6.09 Å². The molecule has 0 N–H and O–H groups in total. The van der Waals surface area contributed by atoms with Crippen LogP contribution in [0.4, 0.5) is 4.79 Å². The fraction of sp³-hybridized carbons (Fsp3) is 0.867. The van der Waals surface area contributed by atoms with Crippen LogP contribution in [0.1, 0.15) is 79.1 Å². The SMILES string of the molecule is C[C@@H]1CC[C@@]2(C)[C@@H](C1)C[C@@H](O[Si](C)(C)C)[C@@H]1[C@@H]2CC[C@]2(C)[C@@H]([C@H](C)COC(=O)n3ccnc3)CC[C@@H]12. The molecular weight excluding hydrogens is 464 g/mol. The lowest BCUT2D eigenvalue weighted by Crippen LogP contribution is -2.60. The minimum Gasteiger partial charge on any atom is -0.449 e. The zero-order chi connectivity index (χ0) is 25.9. The average Bonchev–Trinajstić information content (AvgIpc) is 3.45. The van der Waals surface area contributed by atoms with Crippen molar-refractivity contribution in [2.75, 3.05) is 6.61 Å². The number of hydrogen-bond donors (Lipinski definition) is 0. The lowest BCUT2D eigenvalue weighted by Gasteiger charge is -2.63. The van der Waals surface area contributed by atoms with E-state index in [4.69, 9.17) is 9.16 Å². The number of ether oxygens (including phenoxy) is 1. The highest BCUT2D eigenvalue weighted by Gasteiger charge is 2.63. The third-order valence-corrected chi connectivity index (χ3v) is 12.4. The summed E-state index contributed by atoms with van der Waals surface area (Å²) in [5.41, 5.74) is 0.802. The van der Waals surface area contributed by atoms with Gasteiger partial charge in [0.25, 0.3) is 0 Å². The fourth-order valence-electron chi connectivity index (χ4n) is 9.72. The zero-order valence-electron chi connectivity index (χ0n) is 23.8. The molecule has 6 heteroatoms. The molecule has 0 saturated heterocycles. The Balaban J connectivity index is 1.36. The van der Waals surface area contributed by atoms with Crippen molar-refractivity contribution in [3.05, 3.63) is 18.7 Å². The topological polar surface area (TPSA) is 53.4 Å². The summed E-state index contributed by atoms with van der Waals surface area (Å²) < 4.78 is 14.3. The molecule has 4 aliphatic carbocycles. The number of carbonyl (C=O) groups is 1. The van der Waals surface area contributed by atoms with Gasteiger partial charge in [-0.15, -0.1) is 0 Å². The van der Waals surface area contributed by atoms with Gasteiger partial charge in [-0.2, -0.15) is 0 Å². The Hall–Kier alpha value is -1.14. The summed E-state index contributed by atoms with van der Waals surface area (Å²) >= 11 is 0. The van der Waals surface area contributed by atoms with Crippen LogP contribution in [-0.4, -0.2) is 36.7 Å². The number of aromatic nitrogens is 2. The molecule has 36 heavy (non-hydrogen) atoms. The Morgan fingerprint density at radius 1 is 1.08 bits per heavy atom. The smallest absolute Gasteiger partial charge is 0.419 e. The fourth-order valence-corrected chi connectivity index (χ4v) is 10.9. The predicted molar refractivity (Wildman–Crippen MR) is 146 cm³/mol.